The Balaban J connectivity index is 2.18. The minimum Gasteiger partial charge on any atom is -0.309 e. The third-order valence-corrected chi connectivity index (χ3v) is 92.1. The van der Waals surface area contributed by atoms with E-state index in [0.29, 0.717) is 133 Å². The van der Waals surface area contributed by atoms with Gasteiger partial charge in [-0.3, -0.25) is 0 Å². The van der Waals surface area contributed by atoms with Crippen LogP contribution in [-0.2, 0) is 5.41 Å². The van der Waals surface area contributed by atoms with E-state index >= 15 is 0 Å². The zero-order valence-electron chi connectivity index (χ0n) is 90.7. The lowest BCUT2D eigenvalue weighted by Gasteiger charge is -2.48. The van der Waals surface area contributed by atoms with E-state index in [0.717, 1.165) is 0 Å². The Morgan fingerprint density at radius 1 is 0.169 bits per heavy atom. The van der Waals surface area contributed by atoms with Crippen molar-refractivity contribution in [2.45, 2.75) is 492 Å². The summed E-state index contributed by atoms with van der Waals surface area (Å²) in [4.78, 5) is 6.14. The van der Waals surface area contributed by atoms with Crippen molar-refractivity contribution in [1.29, 1.82) is 0 Å². The Morgan fingerprint density at radius 2 is 0.306 bits per heavy atom. The van der Waals surface area contributed by atoms with Gasteiger partial charge in [0, 0.05) is 44.3 Å². The molecule has 0 amide bonds. The number of hydrogen-bond donors (Lipinski definition) is 0. The highest BCUT2D eigenvalue weighted by Gasteiger charge is 2.55. The van der Waals surface area contributed by atoms with Crippen molar-refractivity contribution in [2.75, 3.05) is 9.80 Å². The third kappa shape index (κ3) is 17.4. The van der Waals surface area contributed by atoms with E-state index in [9.17, 15) is 0 Å². The first kappa shape index (κ1) is 107. The molecular formula is C114H196N2Si8. The monoisotopic (exact) mass is 1820 g/mol. The summed E-state index contributed by atoms with van der Waals surface area (Å²) >= 11 is 0. The van der Waals surface area contributed by atoms with Gasteiger partial charge >= 0.3 is 0 Å². The predicted molar refractivity (Wildman–Crippen MR) is 595 cm³/mol. The Bertz CT molecular complexity index is 4110. The molecule has 2 nitrogen and oxygen atoms in total. The molecule has 0 aliphatic rings. The molecule has 10 heteroatoms. The molecule has 0 spiro atoms. The highest BCUT2D eigenvalue weighted by atomic mass is 28.3. The molecule has 7 aromatic carbocycles. The summed E-state index contributed by atoms with van der Waals surface area (Å²) in [5.74, 6) is 0. The summed E-state index contributed by atoms with van der Waals surface area (Å²) in [5.41, 5.74) is 21.5. The van der Waals surface area contributed by atoms with E-state index in [4.69, 9.17) is 0 Å². The maximum absolute atomic E-state index is 3.08. The lowest BCUT2D eigenvalue weighted by molar-refractivity contribution is 0.591. The minimum absolute atomic E-state index is 0.190. The molecule has 0 radical (unpaired) electrons. The second-order valence-electron chi connectivity index (χ2n) is 49.2. The largest absolute Gasteiger partial charge is 0.309 e. The van der Waals surface area contributed by atoms with Crippen molar-refractivity contribution in [2.24, 2.45) is 0 Å². The van der Waals surface area contributed by atoms with Gasteiger partial charge in [0.15, 0.2) is 0 Å². The topological polar surface area (TPSA) is 6.48 Å². The fourth-order valence-corrected chi connectivity index (χ4v) is 87.9. The van der Waals surface area contributed by atoms with E-state index in [1.165, 1.54) is 61.2 Å². The van der Waals surface area contributed by atoms with Gasteiger partial charge < -0.3 is 9.80 Å². The van der Waals surface area contributed by atoms with Gasteiger partial charge in [-0.2, -0.15) is 0 Å². The second-order valence-corrected chi connectivity index (χ2v) is 96.4. The molecule has 124 heavy (non-hydrogen) atoms. The van der Waals surface area contributed by atoms with Gasteiger partial charge in [0.1, 0.15) is 0 Å². The molecule has 0 heterocycles. The number of rotatable bonds is 38. The van der Waals surface area contributed by atoms with Crippen LogP contribution in [0.15, 0.2) is 115 Å². The van der Waals surface area contributed by atoms with Crippen LogP contribution >= 0.6 is 0 Å². The Hall–Kier alpha value is -3.60. The normalized spacial score (nSPS) is 14.2. The second kappa shape index (κ2) is 40.1. The molecule has 0 bridgehead atoms. The Kier molecular flexibility index (Phi) is 34.7. The highest BCUT2D eigenvalue weighted by molar-refractivity contribution is 7.01. The summed E-state index contributed by atoms with van der Waals surface area (Å²) in [6, 6.07) is 53.4. The van der Waals surface area contributed by atoms with Gasteiger partial charge in [-0.25, -0.2) is 0 Å². The summed E-state index contributed by atoms with van der Waals surface area (Å²) in [5, 5.41) is 18.7. The van der Waals surface area contributed by atoms with Gasteiger partial charge in [0.2, 0.25) is 0 Å². The van der Waals surface area contributed by atoms with Crippen molar-refractivity contribution in [3.63, 3.8) is 0 Å². The van der Waals surface area contributed by atoms with Crippen LogP contribution in [0.3, 0.4) is 0 Å². The maximum atomic E-state index is 3.08. The van der Waals surface area contributed by atoms with Crippen LogP contribution < -0.4 is 51.3 Å². The average Bonchev–Trinajstić information content (AvgIpc) is 0.702. The van der Waals surface area contributed by atoms with Crippen LogP contribution in [0.2, 0.25) is 133 Å². The Morgan fingerprint density at radius 3 is 0.444 bits per heavy atom. The Labute approximate surface area is 777 Å². The number of nitrogens with zero attached hydrogens (tertiary/aromatic N) is 2. The third-order valence-electron chi connectivity index (χ3n) is 35.9. The molecule has 0 aromatic heterocycles. The van der Waals surface area contributed by atoms with E-state index in [-0.39, 0.29) is 5.41 Å². The summed E-state index contributed by atoms with van der Waals surface area (Å²) < 4.78 is 0. The summed E-state index contributed by atoms with van der Waals surface area (Å²) in [7, 11) is -19.6. The number of benzene rings is 7. The van der Waals surface area contributed by atoms with Crippen LogP contribution in [0.25, 0.3) is 21.5 Å². The van der Waals surface area contributed by atoms with Gasteiger partial charge in [0.25, 0.3) is 0 Å². The summed E-state index contributed by atoms with van der Waals surface area (Å²) in [6.07, 6.45) is 0. The first-order valence-electron chi connectivity index (χ1n) is 51.2. The van der Waals surface area contributed by atoms with Gasteiger partial charge in [0.05, 0.1) is 76.0 Å². The smallest absolute Gasteiger partial charge is 0.0943 e. The lowest BCUT2D eigenvalue weighted by atomic mass is 9.84. The lowest BCUT2D eigenvalue weighted by Crippen LogP contribution is -2.61. The predicted octanol–water partition coefficient (Wildman–Crippen LogP) is 35.3. The van der Waals surface area contributed by atoms with Crippen molar-refractivity contribution >= 4 is 162 Å². The molecule has 0 unspecified atom stereocenters. The van der Waals surface area contributed by atoms with Crippen LogP contribution in [0.4, 0.5) is 34.1 Å². The highest BCUT2D eigenvalue weighted by Crippen LogP contribution is 2.57. The van der Waals surface area contributed by atoms with E-state index in [1.807, 2.05) is 0 Å². The number of anilines is 6. The van der Waals surface area contributed by atoms with Gasteiger partial charge in [-0.1, -0.05) is 455 Å². The van der Waals surface area contributed by atoms with Crippen LogP contribution in [0, 0.1) is 0 Å². The quantitative estimate of drug-likeness (QED) is 0.0216. The van der Waals surface area contributed by atoms with Crippen molar-refractivity contribution in [3.8, 4) is 0 Å². The zero-order valence-corrected chi connectivity index (χ0v) is 98.7. The van der Waals surface area contributed by atoms with Gasteiger partial charge in [-0.05, 0) is 199 Å². The van der Waals surface area contributed by atoms with Crippen molar-refractivity contribution in [1.82, 2.24) is 0 Å². The summed E-state index contributed by atoms with van der Waals surface area (Å²) in [6.45, 7) is 134. The molecule has 0 aliphatic heterocycles. The molecule has 0 saturated carbocycles. The van der Waals surface area contributed by atoms with Gasteiger partial charge in [-0.15, -0.1) is 0 Å². The fourth-order valence-electron chi connectivity index (χ4n) is 32.9. The minimum atomic E-state index is -2.45. The molecule has 0 aliphatic carbocycles. The van der Waals surface area contributed by atoms with Crippen molar-refractivity contribution < 1.29 is 0 Å². The zero-order chi connectivity index (χ0) is 94.9. The number of hydrogen-bond acceptors (Lipinski definition) is 2. The van der Waals surface area contributed by atoms with E-state index in [2.05, 4.69) is 478 Å². The fraction of sp³-hybridized carbons (Fsp3) is 0.667. The standard InChI is InChI=1S/C114H196N2Si8/c1-71(2)117(72(3)4,73(5)6)100-59-96(60-101(67-100)118(74(7)8,75(9)10)76(11)12)115(97-61-102(119(77(13)14,78(15)16)79(17)18)68-103(62-97)120(80(19)20,81(21)22)82(23)24)112-108-54-52-53-55-109(108)113(111-58-95(114(49,50)51)56-57-110(111)112)116(98-63-104(121(83(25)26,84(27)28)85(29)30)69-105(64-98)122(86(31)32,87(33)34)88(35)36)99-65-106(123(89(37)38,90(39)40)91(41)42)70-107(66-99)124(92(43)44,93(45)46)94(47)48/h52-94H,1-51H3. The molecule has 0 saturated heterocycles. The molecule has 7 rings (SSSR count). The average molecular weight is 1820 g/mol. The van der Waals surface area contributed by atoms with E-state index < -0.39 is 64.6 Å². The molecule has 0 atom stereocenters. The van der Waals surface area contributed by atoms with Crippen LogP contribution in [0.5, 0.6) is 0 Å². The van der Waals surface area contributed by atoms with Crippen LogP contribution in [-0.4, -0.2) is 64.6 Å². The molecular weight excluding hydrogens is 1620 g/mol. The number of fused-ring (bicyclic) bond motifs is 2. The van der Waals surface area contributed by atoms with E-state index in [1.54, 1.807) is 41.5 Å². The van der Waals surface area contributed by atoms with Crippen molar-refractivity contribution in [3.05, 3.63) is 121 Å². The SMILES string of the molecule is CC(C)[Si](c1cc(N(c2cc([Si](C(C)C)(C(C)C)C(C)C)cc([Si](C(C)C)(C(C)C)C(C)C)c2)c2c3ccccc3c(N(c3cc([Si](C(C)C)(C(C)C)C(C)C)cc([Si](C(C)C)(C(C)C)C(C)C)c3)c3cc([Si](C(C)C)(C(C)C)C(C)C)cc([Si](C(C)C)(C(C)C)C(C)C)c3)c3cc(C(C)(C)C)ccc23)cc([Si](C(C)C)(C(C)C)C(C)C)c1)(C(C)C)C(C)C. The molecule has 0 fully saturated rings. The molecule has 7 aromatic rings. The first-order valence-corrected chi connectivity index (χ1v) is 69.1. The maximum Gasteiger partial charge on any atom is 0.0943 e. The molecule has 694 valence electrons. The first-order chi connectivity index (χ1) is 57.0. The molecule has 0 N–H and O–H groups in total. The van der Waals surface area contributed by atoms with Crippen LogP contribution in [0.1, 0.15) is 359 Å².